The lowest BCUT2D eigenvalue weighted by atomic mass is 10.1. The fourth-order valence-electron chi connectivity index (χ4n) is 3.00. The van der Waals surface area contributed by atoms with E-state index in [4.69, 9.17) is 0 Å². The smallest absolute Gasteiger partial charge is 0.254 e. The Bertz CT molecular complexity index is 901. The summed E-state index contributed by atoms with van der Waals surface area (Å²) in [7, 11) is 0. The van der Waals surface area contributed by atoms with Crippen LogP contribution in [0.25, 0.3) is 10.2 Å². The van der Waals surface area contributed by atoms with Gasteiger partial charge in [0.25, 0.3) is 5.91 Å². The summed E-state index contributed by atoms with van der Waals surface area (Å²) in [6.45, 7) is 3.72. The number of aliphatic hydroxyl groups is 1. The first-order valence-corrected chi connectivity index (χ1v) is 8.91. The van der Waals surface area contributed by atoms with E-state index in [1.165, 1.54) is 11.3 Å². The lowest BCUT2D eigenvalue weighted by Gasteiger charge is -2.27. The number of fused-ring (bicyclic) bond motifs is 2. The van der Waals surface area contributed by atoms with Crippen molar-refractivity contribution in [2.75, 3.05) is 6.54 Å². The molecule has 124 valence electrons. The van der Waals surface area contributed by atoms with Gasteiger partial charge in [-0.25, -0.2) is 4.98 Å². The van der Waals surface area contributed by atoms with Crippen LogP contribution >= 0.6 is 11.3 Å². The Kier molecular flexibility index (Phi) is 3.82. The Morgan fingerprint density at radius 3 is 3.08 bits per heavy atom. The standard InChI is InChI=1S/C17H18N4O2S/c1-2-15(22)14-8-12-9-20(5-6-21(12)19-14)17(23)11-3-4-13-16(7-11)24-10-18-13/h3-4,7-8,10,15,22H,2,5-6,9H2,1H3/t15-/m1/s1. The molecule has 0 saturated heterocycles. The Hall–Kier alpha value is -2.25. The first-order valence-electron chi connectivity index (χ1n) is 8.03. The minimum atomic E-state index is -0.541. The van der Waals surface area contributed by atoms with E-state index in [1.54, 1.807) is 5.51 Å². The third-order valence-electron chi connectivity index (χ3n) is 4.41. The molecule has 1 N–H and O–H groups in total. The summed E-state index contributed by atoms with van der Waals surface area (Å²) in [5.41, 5.74) is 5.06. The molecule has 3 heterocycles. The Balaban J connectivity index is 1.57. The number of carbonyl (C=O) groups is 1. The fraction of sp³-hybridized carbons (Fsp3) is 0.353. The lowest BCUT2D eigenvalue weighted by molar-refractivity contribution is 0.0706. The number of nitrogens with zero attached hydrogens (tertiary/aromatic N) is 4. The average Bonchev–Trinajstić information content (AvgIpc) is 3.25. The molecule has 0 radical (unpaired) electrons. The van der Waals surface area contributed by atoms with Gasteiger partial charge in [0.15, 0.2) is 0 Å². The van der Waals surface area contributed by atoms with E-state index in [0.29, 0.717) is 37.3 Å². The van der Waals surface area contributed by atoms with Gasteiger partial charge in [0, 0.05) is 12.1 Å². The molecule has 1 aliphatic rings. The van der Waals surface area contributed by atoms with Gasteiger partial charge in [-0.1, -0.05) is 6.92 Å². The van der Waals surface area contributed by atoms with E-state index in [-0.39, 0.29) is 5.91 Å². The van der Waals surface area contributed by atoms with Crippen LogP contribution in [0.2, 0.25) is 0 Å². The van der Waals surface area contributed by atoms with E-state index in [1.807, 2.05) is 40.8 Å². The van der Waals surface area contributed by atoms with Crippen LogP contribution < -0.4 is 0 Å². The monoisotopic (exact) mass is 342 g/mol. The SMILES string of the molecule is CC[C@@H](O)c1cc2n(n1)CCN(C(=O)c1ccc3ncsc3c1)C2. The van der Waals surface area contributed by atoms with Gasteiger partial charge >= 0.3 is 0 Å². The van der Waals surface area contributed by atoms with Crippen LogP contribution in [-0.4, -0.2) is 37.2 Å². The molecule has 3 aromatic rings. The van der Waals surface area contributed by atoms with Crippen LogP contribution in [0.4, 0.5) is 0 Å². The van der Waals surface area contributed by atoms with Crippen molar-refractivity contribution >= 4 is 27.5 Å². The Morgan fingerprint density at radius 1 is 1.38 bits per heavy atom. The zero-order valence-electron chi connectivity index (χ0n) is 13.3. The summed E-state index contributed by atoms with van der Waals surface area (Å²) >= 11 is 1.54. The topological polar surface area (TPSA) is 71.2 Å². The molecule has 7 heteroatoms. The van der Waals surface area contributed by atoms with Crippen LogP contribution in [0.3, 0.4) is 0 Å². The molecular weight excluding hydrogens is 324 g/mol. The summed E-state index contributed by atoms with van der Waals surface area (Å²) in [5, 5.41) is 14.4. The van der Waals surface area contributed by atoms with Gasteiger partial charge < -0.3 is 10.0 Å². The van der Waals surface area contributed by atoms with Gasteiger partial charge in [0.05, 0.1) is 46.3 Å². The maximum Gasteiger partial charge on any atom is 0.254 e. The van der Waals surface area contributed by atoms with Crippen molar-refractivity contribution < 1.29 is 9.90 Å². The van der Waals surface area contributed by atoms with E-state index in [2.05, 4.69) is 10.1 Å². The highest BCUT2D eigenvalue weighted by atomic mass is 32.1. The number of hydrogen-bond donors (Lipinski definition) is 1. The van der Waals surface area contributed by atoms with Crippen LogP contribution in [0.5, 0.6) is 0 Å². The van der Waals surface area contributed by atoms with Crippen LogP contribution in [0.15, 0.2) is 29.8 Å². The second-order valence-corrected chi connectivity index (χ2v) is 6.86. The molecule has 1 aliphatic heterocycles. The van der Waals surface area contributed by atoms with Crippen molar-refractivity contribution in [2.45, 2.75) is 32.5 Å². The van der Waals surface area contributed by atoms with Crippen molar-refractivity contribution in [1.29, 1.82) is 0 Å². The van der Waals surface area contributed by atoms with Crippen LogP contribution in [0, 0.1) is 0 Å². The number of benzene rings is 1. The highest BCUT2D eigenvalue weighted by molar-refractivity contribution is 7.16. The molecule has 1 aromatic carbocycles. The second kappa shape index (κ2) is 5.99. The van der Waals surface area contributed by atoms with Crippen LogP contribution in [-0.2, 0) is 13.1 Å². The van der Waals surface area contributed by atoms with Crippen LogP contribution in [0.1, 0.15) is 41.2 Å². The Morgan fingerprint density at radius 2 is 2.25 bits per heavy atom. The van der Waals surface area contributed by atoms with Gasteiger partial charge in [-0.2, -0.15) is 5.10 Å². The van der Waals surface area contributed by atoms with Gasteiger partial charge in [0.2, 0.25) is 0 Å². The first-order chi connectivity index (χ1) is 11.7. The summed E-state index contributed by atoms with van der Waals surface area (Å²) in [6, 6.07) is 7.54. The van der Waals surface area contributed by atoms with E-state index in [0.717, 1.165) is 15.9 Å². The van der Waals surface area contributed by atoms with E-state index >= 15 is 0 Å². The number of aliphatic hydroxyl groups excluding tert-OH is 1. The van der Waals surface area contributed by atoms with Crippen molar-refractivity contribution in [3.63, 3.8) is 0 Å². The normalized spacial score (nSPS) is 15.5. The number of rotatable bonds is 3. The third kappa shape index (κ3) is 2.59. The molecule has 0 fully saturated rings. The van der Waals surface area contributed by atoms with E-state index < -0.39 is 6.10 Å². The molecule has 2 aromatic heterocycles. The maximum absolute atomic E-state index is 12.8. The van der Waals surface area contributed by atoms with Gasteiger partial charge in [0.1, 0.15) is 0 Å². The number of amides is 1. The lowest BCUT2D eigenvalue weighted by Crippen LogP contribution is -2.38. The molecule has 1 amide bonds. The molecular formula is C17H18N4O2S. The quantitative estimate of drug-likeness (QED) is 0.794. The fourth-order valence-corrected chi connectivity index (χ4v) is 3.72. The first kappa shape index (κ1) is 15.3. The van der Waals surface area contributed by atoms with Crippen molar-refractivity contribution in [2.24, 2.45) is 0 Å². The zero-order valence-corrected chi connectivity index (χ0v) is 14.2. The van der Waals surface area contributed by atoms with Crippen molar-refractivity contribution in [3.8, 4) is 0 Å². The number of carbonyl (C=O) groups excluding carboxylic acids is 1. The predicted molar refractivity (Wildman–Crippen MR) is 91.8 cm³/mol. The minimum absolute atomic E-state index is 0.0235. The van der Waals surface area contributed by atoms with Crippen molar-refractivity contribution in [1.82, 2.24) is 19.7 Å². The molecule has 0 aliphatic carbocycles. The van der Waals surface area contributed by atoms with Gasteiger partial charge in [-0.15, -0.1) is 11.3 Å². The van der Waals surface area contributed by atoms with E-state index in [9.17, 15) is 9.90 Å². The minimum Gasteiger partial charge on any atom is -0.387 e. The third-order valence-corrected chi connectivity index (χ3v) is 5.20. The molecule has 24 heavy (non-hydrogen) atoms. The number of aromatic nitrogens is 3. The molecule has 6 nitrogen and oxygen atoms in total. The Labute approximate surface area is 143 Å². The molecule has 4 rings (SSSR count). The largest absolute Gasteiger partial charge is 0.387 e. The second-order valence-electron chi connectivity index (χ2n) is 5.97. The molecule has 0 bridgehead atoms. The highest BCUT2D eigenvalue weighted by Gasteiger charge is 2.24. The predicted octanol–water partition coefficient (Wildman–Crippen LogP) is 2.59. The van der Waals surface area contributed by atoms with Gasteiger partial charge in [-0.3, -0.25) is 9.48 Å². The highest BCUT2D eigenvalue weighted by Crippen LogP contribution is 2.23. The summed E-state index contributed by atoms with van der Waals surface area (Å²) in [6.07, 6.45) is 0.0921. The molecule has 0 spiro atoms. The summed E-state index contributed by atoms with van der Waals surface area (Å²) in [5.74, 6) is 0.0235. The summed E-state index contributed by atoms with van der Waals surface area (Å²) < 4.78 is 2.92. The molecule has 1 atom stereocenters. The molecule has 0 unspecified atom stereocenters. The molecule has 0 saturated carbocycles. The van der Waals surface area contributed by atoms with Gasteiger partial charge in [-0.05, 0) is 30.7 Å². The average molecular weight is 342 g/mol. The number of hydrogen-bond acceptors (Lipinski definition) is 5. The van der Waals surface area contributed by atoms with Crippen molar-refractivity contribution in [3.05, 3.63) is 46.7 Å². The summed E-state index contributed by atoms with van der Waals surface area (Å²) in [4.78, 5) is 18.9. The number of thiazole rings is 1. The zero-order chi connectivity index (χ0) is 16.7. The maximum atomic E-state index is 12.8.